The number of carbonyl (C=O) groups excluding carboxylic acids is 1. The number of aromatic nitrogens is 2. The molecule has 0 bridgehead atoms. The van der Waals surface area contributed by atoms with E-state index in [0.717, 1.165) is 11.1 Å². The van der Waals surface area contributed by atoms with E-state index < -0.39 is 29.4 Å². The molecular formula is C27H32N4O4. The summed E-state index contributed by atoms with van der Waals surface area (Å²) in [5.41, 5.74) is 3.07. The molecule has 0 fully saturated rings. The molecule has 2 aromatic carbocycles. The number of hydrogen-bond donors (Lipinski definition) is 4. The van der Waals surface area contributed by atoms with Crippen molar-refractivity contribution in [2.75, 3.05) is 0 Å². The number of hydrogen-bond acceptors (Lipinski definition) is 7. The molecule has 0 unspecified atom stereocenters. The summed E-state index contributed by atoms with van der Waals surface area (Å²) in [4.78, 5) is 17.9. The number of hydroxylamine groups is 1. The van der Waals surface area contributed by atoms with Crippen molar-refractivity contribution in [3.63, 3.8) is 0 Å². The van der Waals surface area contributed by atoms with Gasteiger partial charge in [-0.3, -0.25) is 15.5 Å². The zero-order valence-corrected chi connectivity index (χ0v) is 20.2. The summed E-state index contributed by atoms with van der Waals surface area (Å²) < 4.78 is 5.53. The number of aliphatic hydroxyl groups excluding tert-OH is 1. The Hall–Kier alpha value is -3.75. The van der Waals surface area contributed by atoms with Crippen molar-refractivity contribution in [3.05, 3.63) is 90.5 Å². The zero-order valence-electron chi connectivity index (χ0n) is 20.2. The van der Waals surface area contributed by atoms with Gasteiger partial charge in [-0.25, -0.2) is 0 Å². The standard InChI is InChI=1S/C27H32N4O4/c1-18(30-34)22(32)21(17-11-14-19-12-7-5-8-13-19)25(33)28-23(27(2,3)4)26-29-24(31-35-26)20-15-9-6-10-16-20/h5-16,21-23,30,32,34H,1,17H2,2-4H3,(H,28,33)/b14-11+/t21-,22-,23-/m1/s1. The van der Waals surface area contributed by atoms with E-state index in [-0.39, 0.29) is 18.0 Å². The van der Waals surface area contributed by atoms with Crippen LogP contribution in [0.2, 0.25) is 0 Å². The predicted octanol–water partition coefficient (Wildman–Crippen LogP) is 4.51. The van der Waals surface area contributed by atoms with Gasteiger partial charge in [-0.1, -0.05) is 105 Å². The van der Waals surface area contributed by atoms with Crippen molar-refractivity contribution in [2.45, 2.75) is 39.3 Å². The van der Waals surface area contributed by atoms with Crippen molar-refractivity contribution < 1.29 is 19.6 Å². The van der Waals surface area contributed by atoms with E-state index in [0.29, 0.717) is 5.82 Å². The summed E-state index contributed by atoms with van der Waals surface area (Å²) in [6.07, 6.45) is 2.55. The second kappa shape index (κ2) is 11.6. The zero-order chi connectivity index (χ0) is 25.4. The van der Waals surface area contributed by atoms with Gasteiger partial charge in [0.15, 0.2) is 0 Å². The molecule has 0 aliphatic rings. The normalized spacial score (nSPS) is 14.3. The third kappa shape index (κ3) is 6.88. The lowest BCUT2D eigenvalue weighted by Crippen LogP contribution is -2.44. The second-order valence-electron chi connectivity index (χ2n) is 9.37. The van der Waals surface area contributed by atoms with Crippen LogP contribution in [0.4, 0.5) is 0 Å². The maximum absolute atomic E-state index is 13.4. The SMILES string of the molecule is C=C(NO)[C@@H](O)[C@@H](C/C=C/c1ccccc1)C(=O)N[C@H](c1nc(-c2ccccc2)no1)C(C)(C)C. The Bertz CT molecular complexity index is 1140. The number of nitrogens with one attached hydrogen (secondary N) is 2. The predicted molar refractivity (Wildman–Crippen MR) is 134 cm³/mol. The van der Waals surface area contributed by atoms with Crippen LogP contribution in [0.15, 0.2) is 83.5 Å². The summed E-state index contributed by atoms with van der Waals surface area (Å²) in [7, 11) is 0. The minimum atomic E-state index is -1.33. The van der Waals surface area contributed by atoms with Crippen LogP contribution in [0.5, 0.6) is 0 Å². The van der Waals surface area contributed by atoms with Gasteiger partial charge in [-0.15, -0.1) is 0 Å². The first-order valence-corrected chi connectivity index (χ1v) is 11.4. The number of allylic oxidation sites excluding steroid dienone is 1. The fourth-order valence-electron chi connectivity index (χ4n) is 3.56. The molecule has 0 saturated heterocycles. The van der Waals surface area contributed by atoms with E-state index in [1.54, 1.807) is 6.08 Å². The van der Waals surface area contributed by atoms with Gasteiger partial charge in [-0.05, 0) is 17.4 Å². The number of aliphatic hydroxyl groups is 1. The number of nitrogens with zero attached hydrogens (tertiary/aromatic N) is 2. The maximum atomic E-state index is 13.4. The lowest BCUT2D eigenvalue weighted by Gasteiger charge is -2.31. The molecule has 3 rings (SSSR count). The molecule has 8 heteroatoms. The summed E-state index contributed by atoms with van der Waals surface area (Å²) in [5.74, 6) is -0.685. The Balaban J connectivity index is 1.83. The molecular weight excluding hydrogens is 444 g/mol. The summed E-state index contributed by atoms with van der Waals surface area (Å²) in [5, 5.41) is 27.0. The van der Waals surface area contributed by atoms with E-state index in [1.165, 1.54) is 0 Å². The molecule has 0 spiro atoms. The van der Waals surface area contributed by atoms with E-state index >= 15 is 0 Å². The van der Waals surface area contributed by atoms with Gasteiger partial charge in [0.25, 0.3) is 0 Å². The van der Waals surface area contributed by atoms with Crippen molar-refractivity contribution in [2.24, 2.45) is 11.3 Å². The molecule has 3 atom stereocenters. The average Bonchev–Trinajstić information content (AvgIpc) is 3.34. The molecule has 0 aliphatic heterocycles. The fraction of sp³-hybridized carbons (Fsp3) is 0.296. The average molecular weight is 477 g/mol. The topological polar surface area (TPSA) is 121 Å². The monoisotopic (exact) mass is 476 g/mol. The minimum Gasteiger partial charge on any atom is -0.386 e. The van der Waals surface area contributed by atoms with E-state index in [2.05, 4.69) is 22.0 Å². The van der Waals surface area contributed by atoms with Crippen molar-refractivity contribution in [1.82, 2.24) is 20.9 Å². The quantitative estimate of drug-likeness (QED) is 0.318. The van der Waals surface area contributed by atoms with Gasteiger partial charge in [0, 0.05) is 5.56 Å². The molecule has 0 saturated carbocycles. The number of amides is 1. The first-order valence-electron chi connectivity index (χ1n) is 11.4. The van der Waals surface area contributed by atoms with E-state index in [9.17, 15) is 15.1 Å². The summed E-state index contributed by atoms with van der Waals surface area (Å²) in [6, 6.07) is 18.4. The molecule has 184 valence electrons. The highest BCUT2D eigenvalue weighted by Gasteiger charge is 2.36. The molecule has 3 aromatic rings. The molecule has 35 heavy (non-hydrogen) atoms. The first kappa shape index (κ1) is 25.9. The van der Waals surface area contributed by atoms with Gasteiger partial charge in [0.2, 0.25) is 17.6 Å². The van der Waals surface area contributed by atoms with Crippen LogP contribution < -0.4 is 10.8 Å². The van der Waals surface area contributed by atoms with Gasteiger partial charge in [0.1, 0.15) is 12.1 Å². The maximum Gasteiger partial charge on any atom is 0.250 e. The third-order valence-corrected chi connectivity index (χ3v) is 5.59. The van der Waals surface area contributed by atoms with Crippen molar-refractivity contribution in [3.8, 4) is 11.4 Å². The van der Waals surface area contributed by atoms with Crippen LogP contribution in [0.3, 0.4) is 0 Å². The van der Waals surface area contributed by atoms with Gasteiger partial charge in [-0.2, -0.15) is 4.98 Å². The summed E-state index contributed by atoms with van der Waals surface area (Å²) in [6.45, 7) is 9.44. The van der Waals surface area contributed by atoms with Gasteiger partial charge < -0.3 is 14.9 Å². The lowest BCUT2D eigenvalue weighted by molar-refractivity contribution is -0.129. The molecule has 8 nitrogen and oxygen atoms in total. The first-order chi connectivity index (χ1) is 16.7. The van der Waals surface area contributed by atoms with Crippen LogP contribution in [0.25, 0.3) is 17.5 Å². The van der Waals surface area contributed by atoms with Crippen LogP contribution >= 0.6 is 0 Å². The molecule has 1 heterocycles. The van der Waals surface area contributed by atoms with Crippen LogP contribution in [0, 0.1) is 11.3 Å². The largest absolute Gasteiger partial charge is 0.386 e. The minimum absolute atomic E-state index is 0.0743. The number of rotatable bonds is 10. The highest BCUT2D eigenvalue weighted by Crippen LogP contribution is 2.33. The molecule has 1 amide bonds. The Morgan fingerprint density at radius 3 is 2.34 bits per heavy atom. The Kier molecular flexibility index (Phi) is 8.57. The Morgan fingerprint density at radius 1 is 1.11 bits per heavy atom. The Labute approximate surface area is 205 Å². The molecule has 1 aromatic heterocycles. The van der Waals surface area contributed by atoms with Gasteiger partial charge >= 0.3 is 0 Å². The fourth-order valence-corrected chi connectivity index (χ4v) is 3.56. The molecule has 0 radical (unpaired) electrons. The van der Waals surface area contributed by atoms with Crippen molar-refractivity contribution >= 4 is 12.0 Å². The van der Waals surface area contributed by atoms with Crippen molar-refractivity contribution in [1.29, 1.82) is 0 Å². The van der Waals surface area contributed by atoms with Crippen LogP contribution in [0.1, 0.15) is 44.7 Å². The third-order valence-electron chi connectivity index (χ3n) is 5.59. The van der Waals surface area contributed by atoms with Crippen LogP contribution in [-0.2, 0) is 4.79 Å². The lowest BCUT2D eigenvalue weighted by atomic mass is 9.85. The highest BCUT2D eigenvalue weighted by molar-refractivity contribution is 5.80. The van der Waals surface area contributed by atoms with E-state index in [1.807, 2.05) is 93.0 Å². The van der Waals surface area contributed by atoms with Gasteiger partial charge in [0.05, 0.1) is 11.6 Å². The molecule has 4 N–H and O–H groups in total. The number of carbonyl (C=O) groups is 1. The number of benzene rings is 2. The molecule has 0 aliphatic carbocycles. The van der Waals surface area contributed by atoms with E-state index in [4.69, 9.17) is 4.52 Å². The Morgan fingerprint density at radius 2 is 1.74 bits per heavy atom. The van der Waals surface area contributed by atoms with Crippen LogP contribution in [-0.4, -0.2) is 32.5 Å². The summed E-state index contributed by atoms with van der Waals surface area (Å²) >= 11 is 0. The highest BCUT2D eigenvalue weighted by atomic mass is 16.5. The second-order valence-corrected chi connectivity index (χ2v) is 9.37. The smallest absolute Gasteiger partial charge is 0.250 e.